The fraction of sp³-hybridized carbons (Fsp3) is 0.318. The van der Waals surface area contributed by atoms with Crippen molar-refractivity contribution in [2.75, 3.05) is 18.4 Å². The first kappa shape index (κ1) is 19.9. The van der Waals surface area contributed by atoms with Crippen LogP contribution in [0.4, 0.5) is 5.95 Å². The lowest BCUT2D eigenvalue weighted by molar-refractivity contribution is 0.341. The van der Waals surface area contributed by atoms with Gasteiger partial charge in [0.2, 0.25) is 5.95 Å². The average molecular weight is 530 g/mol. The Labute approximate surface area is 193 Å². The van der Waals surface area contributed by atoms with Crippen LogP contribution in [0.2, 0.25) is 0 Å². The highest BCUT2D eigenvalue weighted by Gasteiger charge is 2.21. The van der Waals surface area contributed by atoms with Crippen molar-refractivity contribution < 1.29 is 0 Å². The lowest BCUT2D eigenvalue weighted by atomic mass is 9.99. The molecule has 0 aliphatic carbocycles. The Kier molecular flexibility index (Phi) is 5.96. The second-order valence-electron chi connectivity index (χ2n) is 7.57. The smallest absolute Gasteiger partial charge is 0.225 e. The van der Waals surface area contributed by atoms with E-state index in [9.17, 15) is 0 Å². The Balaban J connectivity index is 1.54. The van der Waals surface area contributed by atoms with E-state index in [1.807, 2.05) is 6.20 Å². The molecule has 8 heteroatoms. The summed E-state index contributed by atoms with van der Waals surface area (Å²) >= 11 is 4.12. The third kappa shape index (κ3) is 4.21. The number of nitrogens with one attached hydrogen (secondary N) is 2. The normalized spacial score (nSPS) is 16.8. The van der Waals surface area contributed by atoms with Gasteiger partial charge < -0.3 is 15.2 Å². The molecule has 1 saturated heterocycles. The first-order valence-electron chi connectivity index (χ1n) is 10.2. The van der Waals surface area contributed by atoms with Crippen LogP contribution in [0, 0.1) is 9.49 Å². The van der Waals surface area contributed by atoms with Crippen LogP contribution >= 0.6 is 33.9 Å². The molecule has 0 saturated carbocycles. The van der Waals surface area contributed by atoms with Crippen molar-refractivity contribution in [1.82, 2.24) is 24.8 Å². The van der Waals surface area contributed by atoms with Crippen molar-refractivity contribution in [2.45, 2.75) is 25.9 Å². The van der Waals surface area contributed by atoms with E-state index >= 15 is 0 Å². The number of halogens is 1. The molecule has 1 aliphatic rings. The second-order valence-corrected chi connectivity index (χ2v) is 9.77. The number of hydrogen-bond acceptors (Lipinski definition) is 6. The minimum atomic E-state index is 0.578. The molecule has 4 heterocycles. The second kappa shape index (κ2) is 8.99. The Morgan fingerprint density at radius 1 is 1.20 bits per heavy atom. The molecule has 3 aromatic heterocycles. The molecule has 1 atom stereocenters. The molecule has 1 aromatic carbocycles. The number of imidazole rings is 1. The number of anilines is 1. The molecule has 0 unspecified atom stereocenters. The van der Waals surface area contributed by atoms with Crippen molar-refractivity contribution >= 4 is 51.0 Å². The zero-order valence-corrected chi connectivity index (χ0v) is 19.5. The number of aromatic nitrogens is 4. The van der Waals surface area contributed by atoms with E-state index in [2.05, 4.69) is 84.6 Å². The summed E-state index contributed by atoms with van der Waals surface area (Å²) in [4.78, 5) is 15.6. The molecule has 2 N–H and O–H groups in total. The maximum absolute atomic E-state index is 4.95. The van der Waals surface area contributed by atoms with Crippen LogP contribution in [0.3, 0.4) is 0 Å². The van der Waals surface area contributed by atoms with Gasteiger partial charge in [-0.05, 0) is 72.0 Å². The molecular formula is C22H23IN6S. The van der Waals surface area contributed by atoms with E-state index in [4.69, 9.17) is 9.97 Å². The topological polar surface area (TPSA) is 67.7 Å². The summed E-state index contributed by atoms with van der Waals surface area (Å²) in [5.41, 5.74) is 2.89. The molecule has 0 amide bonds. The Hall–Kier alpha value is -2.04. The average Bonchev–Trinajstić information content (AvgIpc) is 3.42. The number of nitrogens with zero attached hydrogens (tertiary/aromatic N) is 4. The molecule has 0 radical (unpaired) electrons. The monoisotopic (exact) mass is 530 g/mol. The van der Waals surface area contributed by atoms with E-state index < -0.39 is 0 Å². The zero-order valence-electron chi connectivity index (χ0n) is 16.5. The molecule has 6 nitrogen and oxygen atoms in total. The summed E-state index contributed by atoms with van der Waals surface area (Å²) in [6.07, 6.45) is 4.29. The Morgan fingerprint density at radius 3 is 2.93 bits per heavy atom. The van der Waals surface area contributed by atoms with Gasteiger partial charge in [-0.1, -0.05) is 24.3 Å². The van der Waals surface area contributed by atoms with Gasteiger partial charge in [-0.3, -0.25) is 0 Å². The highest BCUT2D eigenvalue weighted by atomic mass is 127. The SMILES string of the molecule is Ic1ccccc1-c1nc2cnc(NCc3cccs3)nc2n1C[C@@H]1CCCNC1. The van der Waals surface area contributed by atoms with Crippen LogP contribution in [0.15, 0.2) is 48.0 Å². The van der Waals surface area contributed by atoms with Gasteiger partial charge >= 0.3 is 0 Å². The van der Waals surface area contributed by atoms with Gasteiger partial charge in [-0.15, -0.1) is 11.3 Å². The molecule has 0 bridgehead atoms. The van der Waals surface area contributed by atoms with Crippen molar-refractivity contribution in [3.8, 4) is 11.4 Å². The van der Waals surface area contributed by atoms with E-state index in [-0.39, 0.29) is 0 Å². The maximum atomic E-state index is 4.95. The number of hydrogen-bond donors (Lipinski definition) is 2. The van der Waals surface area contributed by atoms with E-state index in [0.29, 0.717) is 11.9 Å². The number of thiophene rings is 1. The molecule has 0 spiro atoms. The van der Waals surface area contributed by atoms with Gasteiger partial charge in [0, 0.05) is 20.6 Å². The third-order valence-corrected chi connectivity index (χ3v) is 7.26. The van der Waals surface area contributed by atoms with Gasteiger partial charge in [-0.25, -0.2) is 9.97 Å². The summed E-state index contributed by atoms with van der Waals surface area (Å²) in [6, 6.07) is 12.6. The minimum Gasteiger partial charge on any atom is -0.349 e. The Morgan fingerprint density at radius 2 is 2.13 bits per heavy atom. The predicted molar refractivity (Wildman–Crippen MR) is 131 cm³/mol. The highest BCUT2D eigenvalue weighted by molar-refractivity contribution is 14.1. The van der Waals surface area contributed by atoms with Crippen molar-refractivity contribution in [3.63, 3.8) is 0 Å². The van der Waals surface area contributed by atoms with Crippen LogP contribution in [-0.4, -0.2) is 32.6 Å². The summed E-state index contributed by atoms with van der Waals surface area (Å²) in [5.74, 6) is 2.20. The molecular weight excluding hydrogens is 507 g/mol. The van der Waals surface area contributed by atoms with Crippen LogP contribution < -0.4 is 10.6 Å². The van der Waals surface area contributed by atoms with Crippen molar-refractivity contribution in [1.29, 1.82) is 0 Å². The third-order valence-electron chi connectivity index (χ3n) is 5.44. The quantitative estimate of drug-likeness (QED) is 0.352. The van der Waals surface area contributed by atoms with E-state index in [0.717, 1.165) is 48.7 Å². The maximum Gasteiger partial charge on any atom is 0.225 e. The standard InChI is InChI=1S/C22H23IN6S/c23-18-8-2-1-7-17(18)20-27-19-13-26-22(25-12-16-6-4-10-30-16)28-21(19)29(20)14-15-5-3-9-24-11-15/h1-2,4,6-8,10,13,15,24H,3,5,9,11-12,14H2,(H,25,26,28)/t15-/m1/s1. The fourth-order valence-electron chi connectivity index (χ4n) is 3.94. The van der Waals surface area contributed by atoms with E-state index in [1.54, 1.807) is 11.3 Å². The minimum absolute atomic E-state index is 0.578. The first-order valence-corrected chi connectivity index (χ1v) is 12.2. The molecule has 5 rings (SSSR count). The van der Waals surface area contributed by atoms with Gasteiger partial charge in [-0.2, -0.15) is 4.98 Å². The van der Waals surface area contributed by atoms with Gasteiger partial charge in [0.25, 0.3) is 0 Å². The van der Waals surface area contributed by atoms with Crippen LogP contribution in [0.5, 0.6) is 0 Å². The van der Waals surface area contributed by atoms with Gasteiger partial charge in [0.1, 0.15) is 11.3 Å². The van der Waals surface area contributed by atoms with Crippen LogP contribution in [0.1, 0.15) is 17.7 Å². The largest absolute Gasteiger partial charge is 0.349 e. The molecule has 154 valence electrons. The van der Waals surface area contributed by atoms with E-state index in [1.165, 1.54) is 21.3 Å². The highest BCUT2D eigenvalue weighted by Crippen LogP contribution is 2.29. The fourth-order valence-corrected chi connectivity index (χ4v) is 5.22. The molecule has 1 fully saturated rings. The van der Waals surface area contributed by atoms with Crippen LogP contribution in [0.25, 0.3) is 22.6 Å². The summed E-state index contributed by atoms with van der Waals surface area (Å²) in [7, 11) is 0. The lowest BCUT2D eigenvalue weighted by Crippen LogP contribution is -2.32. The molecule has 4 aromatic rings. The van der Waals surface area contributed by atoms with Gasteiger partial charge in [0.05, 0.1) is 12.7 Å². The molecule has 1 aliphatic heterocycles. The predicted octanol–water partition coefficient (Wildman–Crippen LogP) is 4.77. The zero-order chi connectivity index (χ0) is 20.3. The summed E-state index contributed by atoms with van der Waals surface area (Å²) in [5, 5.41) is 8.98. The first-order chi connectivity index (χ1) is 14.8. The Bertz CT molecular complexity index is 1130. The van der Waals surface area contributed by atoms with Crippen molar-refractivity contribution in [2.24, 2.45) is 5.92 Å². The van der Waals surface area contributed by atoms with Crippen LogP contribution in [-0.2, 0) is 13.1 Å². The summed E-state index contributed by atoms with van der Waals surface area (Å²) in [6.45, 7) is 3.79. The van der Waals surface area contributed by atoms with Crippen molar-refractivity contribution in [3.05, 3.63) is 56.4 Å². The van der Waals surface area contributed by atoms with Gasteiger partial charge in [0.15, 0.2) is 5.65 Å². The number of fused-ring (bicyclic) bond motifs is 1. The number of rotatable bonds is 6. The number of benzene rings is 1. The lowest BCUT2D eigenvalue weighted by Gasteiger charge is -2.24. The molecule has 30 heavy (non-hydrogen) atoms. The summed E-state index contributed by atoms with van der Waals surface area (Å²) < 4.78 is 3.49. The number of piperidine rings is 1.